The molecule has 1 aliphatic rings. The summed E-state index contributed by atoms with van der Waals surface area (Å²) in [5.41, 5.74) is -0.836. The van der Waals surface area contributed by atoms with Gasteiger partial charge in [-0.25, -0.2) is 4.79 Å². The van der Waals surface area contributed by atoms with Gasteiger partial charge >= 0.3 is 11.9 Å². The third-order valence-electron chi connectivity index (χ3n) is 3.03. The number of esters is 1. The van der Waals surface area contributed by atoms with Crippen LogP contribution in [0.15, 0.2) is 48.1 Å². The van der Waals surface area contributed by atoms with Gasteiger partial charge in [0.05, 0.1) is 5.57 Å². The Morgan fingerprint density at radius 2 is 2.00 bits per heavy atom. The second kappa shape index (κ2) is 5.30. The first-order valence-corrected chi connectivity index (χ1v) is 6.05. The highest BCUT2D eigenvalue weighted by Gasteiger charge is 2.31. The maximum Gasteiger partial charge on any atom is 0.335 e. The molecule has 1 unspecified atom stereocenters. The Morgan fingerprint density at radius 3 is 2.55 bits per heavy atom. The number of aliphatic carboxylic acids is 1. The highest BCUT2D eigenvalue weighted by atomic mass is 16.5. The van der Waals surface area contributed by atoms with Crippen LogP contribution in [0, 0.1) is 0 Å². The van der Waals surface area contributed by atoms with Crippen molar-refractivity contribution < 1.29 is 24.5 Å². The van der Waals surface area contributed by atoms with Crippen molar-refractivity contribution >= 4 is 11.9 Å². The first-order valence-electron chi connectivity index (χ1n) is 6.05. The van der Waals surface area contributed by atoms with Crippen molar-refractivity contribution in [2.45, 2.75) is 18.9 Å². The molecule has 0 radical (unpaired) electrons. The van der Waals surface area contributed by atoms with Crippen LogP contribution in [0.1, 0.15) is 18.9 Å². The van der Waals surface area contributed by atoms with Gasteiger partial charge in [0.15, 0.2) is 0 Å². The van der Waals surface area contributed by atoms with Crippen LogP contribution < -0.4 is 4.74 Å². The fourth-order valence-corrected chi connectivity index (χ4v) is 2.06. The van der Waals surface area contributed by atoms with Crippen LogP contribution in [0.25, 0.3) is 0 Å². The van der Waals surface area contributed by atoms with Crippen LogP contribution in [-0.4, -0.2) is 22.2 Å². The number of carbonyl (C=O) groups excluding carboxylic acids is 1. The normalized spacial score (nSPS) is 21.2. The van der Waals surface area contributed by atoms with E-state index in [4.69, 9.17) is 9.84 Å². The first-order chi connectivity index (χ1) is 9.42. The molecule has 2 rings (SSSR count). The summed E-state index contributed by atoms with van der Waals surface area (Å²) < 4.78 is 5.07. The van der Waals surface area contributed by atoms with Gasteiger partial charge in [-0.1, -0.05) is 24.3 Å². The summed E-state index contributed by atoms with van der Waals surface area (Å²) in [5, 5.41) is 19.5. The van der Waals surface area contributed by atoms with Crippen molar-refractivity contribution in [3.05, 3.63) is 53.6 Å². The van der Waals surface area contributed by atoms with E-state index in [9.17, 15) is 14.7 Å². The van der Waals surface area contributed by atoms with Crippen molar-refractivity contribution in [2.75, 3.05) is 0 Å². The molecule has 0 aromatic heterocycles. The Kier molecular flexibility index (Phi) is 3.72. The number of carbonyl (C=O) groups is 2. The molecule has 104 valence electrons. The fraction of sp³-hybridized carbons (Fsp3) is 0.200. The van der Waals surface area contributed by atoms with Crippen LogP contribution in [0.4, 0.5) is 0 Å². The standard InChI is InChI=1S/C15H14O5/c1-10(16)20-13-5-3-2-4-12(13)15(19)8-6-11(7-9-15)14(17)18/h2-8,19H,9H2,1H3,(H,17,18). The van der Waals surface area contributed by atoms with Gasteiger partial charge in [-0.3, -0.25) is 4.79 Å². The Hall–Kier alpha value is -2.40. The number of hydrogen-bond acceptors (Lipinski definition) is 4. The number of benzene rings is 1. The number of ether oxygens (including phenoxy) is 1. The molecule has 2 N–H and O–H groups in total. The quantitative estimate of drug-likeness (QED) is 0.648. The molecule has 1 aromatic rings. The zero-order valence-electron chi connectivity index (χ0n) is 10.9. The number of aliphatic hydroxyl groups is 1. The van der Waals surface area contributed by atoms with E-state index in [1.54, 1.807) is 24.3 Å². The molecule has 0 spiro atoms. The molecule has 0 heterocycles. The van der Waals surface area contributed by atoms with E-state index < -0.39 is 17.5 Å². The van der Waals surface area contributed by atoms with Gasteiger partial charge in [0.25, 0.3) is 0 Å². The molecule has 0 amide bonds. The van der Waals surface area contributed by atoms with Gasteiger partial charge in [0.2, 0.25) is 0 Å². The summed E-state index contributed by atoms with van der Waals surface area (Å²) in [6, 6.07) is 6.63. The van der Waals surface area contributed by atoms with Gasteiger partial charge in [-0.2, -0.15) is 0 Å². The van der Waals surface area contributed by atoms with Gasteiger partial charge in [0.1, 0.15) is 11.4 Å². The number of rotatable bonds is 3. The molecule has 0 bridgehead atoms. The zero-order chi connectivity index (χ0) is 14.8. The van der Waals surface area contributed by atoms with E-state index in [0.29, 0.717) is 5.56 Å². The van der Waals surface area contributed by atoms with E-state index in [0.717, 1.165) is 0 Å². The van der Waals surface area contributed by atoms with Gasteiger partial charge in [0, 0.05) is 18.9 Å². The molecular weight excluding hydrogens is 260 g/mol. The largest absolute Gasteiger partial charge is 0.478 e. The molecule has 1 aromatic carbocycles. The lowest BCUT2D eigenvalue weighted by Crippen LogP contribution is -2.26. The summed E-state index contributed by atoms with van der Waals surface area (Å²) in [5.74, 6) is -1.27. The van der Waals surface area contributed by atoms with E-state index in [2.05, 4.69) is 0 Å². The lowest BCUT2D eigenvalue weighted by atomic mass is 9.85. The third kappa shape index (κ3) is 2.78. The number of carboxylic acids is 1. The molecular formula is C15H14O5. The van der Waals surface area contributed by atoms with Crippen LogP contribution in [0.2, 0.25) is 0 Å². The van der Waals surface area contributed by atoms with Crippen LogP contribution in [0.5, 0.6) is 5.75 Å². The highest BCUT2D eigenvalue weighted by Crippen LogP contribution is 2.37. The topological polar surface area (TPSA) is 83.8 Å². The maximum atomic E-state index is 11.1. The van der Waals surface area contributed by atoms with E-state index in [1.807, 2.05) is 0 Å². The molecule has 20 heavy (non-hydrogen) atoms. The smallest absolute Gasteiger partial charge is 0.335 e. The third-order valence-corrected chi connectivity index (χ3v) is 3.03. The number of hydrogen-bond donors (Lipinski definition) is 2. The average molecular weight is 274 g/mol. The Labute approximate surface area is 115 Å². The Balaban J connectivity index is 2.36. The molecule has 0 aliphatic heterocycles. The van der Waals surface area contributed by atoms with Crippen molar-refractivity contribution in [3.8, 4) is 5.75 Å². The van der Waals surface area contributed by atoms with Gasteiger partial charge < -0.3 is 14.9 Å². The monoisotopic (exact) mass is 274 g/mol. The molecule has 1 atom stereocenters. The second-order valence-corrected chi connectivity index (χ2v) is 4.52. The summed E-state index contributed by atoms with van der Waals surface area (Å²) in [6.07, 6.45) is 4.28. The minimum Gasteiger partial charge on any atom is -0.478 e. The zero-order valence-corrected chi connectivity index (χ0v) is 10.9. The minimum atomic E-state index is -1.38. The van der Waals surface area contributed by atoms with Crippen LogP contribution in [-0.2, 0) is 15.2 Å². The Morgan fingerprint density at radius 1 is 1.30 bits per heavy atom. The molecule has 5 heteroatoms. The minimum absolute atomic E-state index is 0.101. The first kappa shape index (κ1) is 14.0. The van der Waals surface area contributed by atoms with Crippen LogP contribution in [0.3, 0.4) is 0 Å². The fourth-order valence-electron chi connectivity index (χ4n) is 2.06. The maximum absolute atomic E-state index is 11.1. The summed E-state index contributed by atoms with van der Waals surface area (Å²) in [6.45, 7) is 1.28. The highest BCUT2D eigenvalue weighted by molar-refractivity contribution is 5.90. The van der Waals surface area contributed by atoms with Crippen molar-refractivity contribution in [1.29, 1.82) is 0 Å². The molecule has 1 aliphatic carbocycles. The molecule has 0 saturated heterocycles. The van der Waals surface area contributed by atoms with E-state index in [-0.39, 0.29) is 17.7 Å². The van der Waals surface area contributed by atoms with E-state index in [1.165, 1.54) is 25.2 Å². The summed E-state index contributed by atoms with van der Waals surface area (Å²) in [4.78, 5) is 21.9. The predicted octanol–water partition coefficient (Wildman–Crippen LogP) is 1.77. The number of carboxylic acid groups (broad SMARTS) is 1. The van der Waals surface area contributed by atoms with Gasteiger partial charge in [-0.15, -0.1) is 0 Å². The summed E-state index contributed by atoms with van der Waals surface area (Å²) >= 11 is 0. The second-order valence-electron chi connectivity index (χ2n) is 4.52. The lowest BCUT2D eigenvalue weighted by Gasteiger charge is -2.28. The van der Waals surface area contributed by atoms with Crippen molar-refractivity contribution in [3.63, 3.8) is 0 Å². The molecule has 0 fully saturated rings. The van der Waals surface area contributed by atoms with Gasteiger partial charge in [-0.05, 0) is 18.2 Å². The van der Waals surface area contributed by atoms with Crippen LogP contribution >= 0.6 is 0 Å². The number of para-hydroxylation sites is 1. The molecule has 0 saturated carbocycles. The predicted molar refractivity (Wildman–Crippen MR) is 71.1 cm³/mol. The van der Waals surface area contributed by atoms with E-state index >= 15 is 0 Å². The van der Waals surface area contributed by atoms with Crippen molar-refractivity contribution in [1.82, 2.24) is 0 Å². The SMILES string of the molecule is CC(=O)Oc1ccccc1C1(O)C=CC(C(=O)O)=CC1. The molecule has 5 nitrogen and oxygen atoms in total. The van der Waals surface area contributed by atoms with Crippen molar-refractivity contribution in [2.24, 2.45) is 0 Å². The Bertz CT molecular complexity index is 614. The average Bonchev–Trinajstić information content (AvgIpc) is 2.39. The summed E-state index contributed by atoms with van der Waals surface area (Å²) in [7, 11) is 0. The lowest BCUT2D eigenvalue weighted by molar-refractivity contribution is -0.133.